The zero-order valence-corrected chi connectivity index (χ0v) is 16.7. The van der Waals surface area contributed by atoms with Crippen molar-refractivity contribution in [3.05, 3.63) is 57.0 Å². The van der Waals surface area contributed by atoms with Crippen molar-refractivity contribution in [3.8, 4) is 0 Å². The third-order valence-electron chi connectivity index (χ3n) is 4.44. The minimum atomic E-state index is -3.90. The largest absolute Gasteiger partial charge is 0.419 e. The number of aromatic nitrogens is 1. The number of fused-ring (bicyclic) bond motifs is 1. The summed E-state index contributed by atoms with van der Waals surface area (Å²) in [4.78, 5) is 24.3. The second-order valence-electron chi connectivity index (χ2n) is 6.39. The third-order valence-corrected chi connectivity index (χ3v) is 5.56. The average molecular weight is 424 g/mol. The summed E-state index contributed by atoms with van der Waals surface area (Å²) in [5.74, 6) is -0.974. The summed E-state index contributed by atoms with van der Waals surface area (Å²) in [6, 6.07) is 7.56. The van der Waals surface area contributed by atoms with Crippen LogP contribution in [0.5, 0.6) is 0 Å². The Morgan fingerprint density at radius 2 is 1.96 bits per heavy atom. The first-order valence-electron chi connectivity index (χ1n) is 8.29. The molecule has 0 saturated carbocycles. The highest BCUT2D eigenvalue weighted by Crippen LogP contribution is 2.24. The first kappa shape index (κ1) is 20.1. The van der Waals surface area contributed by atoms with Crippen LogP contribution in [0.4, 0.5) is 5.69 Å². The summed E-state index contributed by atoms with van der Waals surface area (Å²) in [5, 5.41) is 8.29. The lowest BCUT2D eigenvalue weighted by Crippen LogP contribution is -2.20. The summed E-state index contributed by atoms with van der Waals surface area (Å²) in [5.41, 5.74) is 2.62. The zero-order valence-electron chi connectivity index (χ0n) is 15.2. The Kier molecular flexibility index (Phi) is 5.33. The van der Waals surface area contributed by atoms with E-state index in [0.717, 1.165) is 5.56 Å². The number of hydrogen-bond donors (Lipinski definition) is 2. The number of nitrogens with zero attached hydrogens (tertiary/aromatic N) is 1. The molecule has 0 bridgehead atoms. The van der Waals surface area contributed by atoms with E-state index in [1.54, 1.807) is 26.0 Å². The monoisotopic (exact) mass is 423 g/mol. The zero-order chi connectivity index (χ0) is 20.6. The van der Waals surface area contributed by atoms with Gasteiger partial charge in [-0.25, -0.2) is 18.4 Å². The molecule has 3 aromatic rings. The lowest BCUT2D eigenvalue weighted by Gasteiger charge is -2.13. The van der Waals surface area contributed by atoms with Crippen LogP contribution in [0.15, 0.2) is 44.4 Å². The number of hydrogen-bond acceptors (Lipinski definition) is 5. The molecule has 2 aromatic carbocycles. The van der Waals surface area contributed by atoms with Crippen molar-refractivity contribution in [1.29, 1.82) is 0 Å². The first-order valence-corrected chi connectivity index (χ1v) is 10.2. The Hall–Kier alpha value is -2.62. The number of nitrogens with one attached hydrogen (secondary N) is 1. The highest BCUT2D eigenvalue weighted by Gasteiger charge is 2.15. The molecule has 10 heteroatoms. The number of aryl methyl sites for hydroxylation is 2. The van der Waals surface area contributed by atoms with Gasteiger partial charge in [0.15, 0.2) is 5.58 Å². The highest BCUT2D eigenvalue weighted by atomic mass is 35.5. The topological polar surface area (TPSA) is 124 Å². The van der Waals surface area contributed by atoms with Crippen LogP contribution in [0.25, 0.3) is 11.1 Å². The predicted octanol–water partition coefficient (Wildman–Crippen LogP) is 2.54. The maximum atomic E-state index is 12.4. The van der Waals surface area contributed by atoms with Gasteiger partial charge in [-0.15, -0.1) is 0 Å². The minimum Gasteiger partial charge on any atom is -0.408 e. The summed E-state index contributed by atoms with van der Waals surface area (Å²) < 4.78 is 29.7. The molecule has 0 unspecified atom stereocenters. The number of rotatable bonds is 5. The highest BCUT2D eigenvalue weighted by molar-refractivity contribution is 7.89. The fourth-order valence-electron chi connectivity index (χ4n) is 2.80. The number of anilines is 1. The second kappa shape index (κ2) is 7.42. The van der Waals surface area contributed by atoms with Gasteiger partial charge in [0.25, 0.3) is 0 Å². The van der Waals surface area contributed by atoms with Gasteiger partial charge in [0.05, 0.1) is 10.4 Å². The van der Waals surface area contributed by atoms with Crippen LogP contribution in [0.1, 0.15) is 17.5 Å². The van der Waals surface area contributed by atoms with E-state index in [0.29, 0.717) is 27.4 Å². The lowest BCUT2D eigenvalue weighted by molar-refractivity contribution is -0.116. The van der Waals surface area contributed by atoms with E-state index in [2.05, 4.69) is 5.32 Å². The quantitative estimate of drug-likeness (QED) is 0.652. The van der Waals surface area contributed by atoms with E-state index in [9.17, 15) is 18.0 Å². The molecular formula is C18H18ClN3O5S. The van der Waals surface area contributed by atoms with Gasteiger partial charge in [-0.1, -0.05) is 11.6 Å². The fraction of sp³-hybridized carbons (Fsp3) is 0.222. The normalized spacial score (nSPS) is 11.7. The molecule has 0 fully saturated rings. The van der Waals surface area contributed by atoms with E-state index in [1.807, 2.05) is 0 Å². The number of carbonyl (C=O) groups excluding carboxylic acids is 1. The molecular weight excluding hydrogens is 406 g/mol. The van der Waals surface area contributed by atoms with Crippen molar-refractivity contribution in [1.82, 2.24) is 4.57 Å². The molecule has 0 aliphatic heterocycles. The van der Waals surface area contributed by atoms with Crippen LogP contribution >= 0.6 is 11.6 Å². The SMILES string of the molecule is Cc1cc(S(N)(=O)=O)cc(NC(=O)CCn2c(=O)oc3cc(Cl)ccc32)c1C. The molecule has 1 heterocycles. The standard InChI is InChI=1S/C18H18ClN3O5S/c1-10-7-13(28(20,25)26)9-14(11(10)2)21-17(23)5-6-22-15-4-3-12(19)8-16(15)27-18(22)24/h3-4,7-9H,5-6H2,1-2H3,(H,21,23)(H2,20,25,26). The molecule has 0 radical (unpaired) electrons. The molecule has 8 nitrogen and oxygen atoms in total. The van der Waals surface area contributed by atoms with Crippen molar-refractivity contribution in [3.63, 3.8) is 0 Å². The molecule has 1 amide bonds. The third kappa shape index (κ3) is 4.11. The Bertz CT molecular complexity index is 1240. The van der Waals surface area contributed by atoms with Crippen LogP contribution in [0.2, 0.25) is 5.02 Å². The molecule has 0 aliphatic carbocycles. The first-order chi connectivity index (χ1) is 13.1. The van der Waals surface area contributed by atoms with Crippen LogP contribution < -0.4 is 16.2 Å². The Morgan fingerprint density at radius 3 is 2.64 bits per heavy atom. The summed E-state index contributed by atoms with van der Waals surface area (Å²) in [6.07, 6.45) is -0.0186. The van der Waals surface area contributed by atoms with Gasteiger partial charge in [-0.05, 0) is 49.2 Å². The van der Waals surface area contributed by atoms with Crippen LogP contribution in [0, 0.1) is 13.8 Å². The number of benzene rings is 2. The molecule has 148 valence electrons. The number of amides is 1. The Morgan fingerprint density at radius 1 is 1.25 bits per heavy atom. The number of carbonyl (C=O) groups is 1. The molecule has 3 N–H and O–H groups in total. The fourth-order valence-corrected chi connectivity index (χ4v) is 3.58. The lowest BCUT2D eigenvalue weighted by atomic mass is 10.1. The molecule has 3 rings (SSSR count). The molecule has 28 heavy (non-hydrogen) atoms. The molecule has 1 aromatic heterocycles. The van der Waals surface area contributed by atoms with E-state index < -0.39 is 15.8 Å². The predicted molar refractivity (Wildman–Crippen MR) is 106 cm³/mol. The van der Waals surface area contributed by atoms with Crippen molar-refractivity contribution in [2.45, 2.75) is 31.7 Å². The maximum absolute atomic E-state index is 12.4. The van der Waals surface area contributed by atoms with Gasteiger partial charge >= 0.3 is 5.76 Å². The molecule has 0 atom stereocenters. The number of halogens is 1. The summed E-state index contributed by atoms with van der Waals surface area (Å²) in [7, 11) is -3.90. The van der Waals surface area contributed by atoms with Crippen molar-refractivity contribution >= 4 is 44.3 Å². The Labute approximate surface area is 165 Å². The van der Waals surface area contributed by atoms with Crippen LogP contribution in [-0.2, 0) is 21.4 Å². The van der Waals surface area contributed by atoms with Gasteiger partial charge in [-0.2, -0.15) is 0 Å². The molecule has 0 spiro atoms. The van der Waals surface area contributed by atoms with Crippen molar-refractivity contribution in [2.75, 3.05) is 5.32 Å². The smallest absolute Gasteiger partial charge is 0.408 e. The second-order valence-corrected chi connectivity index (χ2v) is 8.39. The minimum absolute atomic E-state index is 0.0186. The number of sulfonamides is 1. The van der Waals surface area contributed by atoms with Crippen LogP contribution in [0.3, 0.4) is 0 Å². The van der Waals surface area contributed by atoms with Crippen LogP contribution in [-0.4, -0.2) is 18.9 Å². The van der Waals surface area contributed by atoms with E-state index >= 15 is 0 Å². The molecule has 0 saturated heterocycles. The van der Waals surface area contributed by atoms with E-state index in [4.69, 9.17) is 21.2 Å². The van der Waals surface area contributed by atoms with Gasteiger partial charge in [0.2, 0.25) is 15.9 Å². The van der Waals surface area contributed by atoms with E-state index in [1.165, 1.54) is 22.8 Å². The van der Waals surface area contributed by atoms with Crippen molar-refractivity contribution in [2.24, 2.45) is 5.14 Å². The number of primary sulfonamides is 1. The van der Waals surface area contributed by atoms with Gasteiger partial charge in [0, 0.05) is 29.7 Å². The summed E-state index contributed by atoms with van der Waals surface area (Å²) in [6.45, 7) is 3.57. The average Bonchev–Trinajstić information content (AvgIpc) is 2.90. The number of oxazole rings is 1. The maximum Gasteiger partial charge on any atom is 0.419 e. The van der Waals surface area contributed by atoms with Gasteiger partial charge in [-0.3, -0.25) is 9.36 Å². The van der Waals surface area contributed by atoms with Crippen molar-refractivity contribution < 1.29 is 17.6 Å². The number of nitrogens with two attached hydrogens (primary N) is 1. The van der Waals surface area contributed by atoms with E-state index in [-0.39, 0.29) is 23.8 Å². The molecule has 0 aliphatic rings. The van der Waals surface area contributed by atoms with Gasteiger partial charge < -0.3 is 9.73 Å². The van der Waals surface area contributed by atoms with Gasteiger partial charge in [0.1, 0.15) is 0 Å². The Balaban J connectivity index is 1.80. The summed E-state index contributed by atoms with van der Waals surface area (Å²) >= 11 is 5.88.